The van der Waals surface area contributed by atoms with Crippen molar-refractivity contribution < 1.29 is 67.0 Å². The molecule has 8 rings (SSSR count). The third-order valence-corrected chi connectivity index (χ3v) is 15.4. The molecule has 0 aromatic heterocycles. The second kappa shape index (κ2) is 10.3. The first-order valence-corrected chi connectivity index (χ1v) is 18.1. The first kappa shape index (κ1) is 35.0. The van der Waals surface area contributed by atoms with Gasteiger partial charge in [0.1, 0.15) is 24.4 Å². The van der Waals surface area contributed by atoms with Crippen molar-refractivity contribution in [3.63, 3.8) is 0 Å². The molecule has 0 aromatic rings. The number of hydrogen-bond donors (Lipinski definition) is 1. The van der Waals surface area contributed by atoms with E-state index < -0.39 is 136 Å². The molecular formula is C37H48O14. The molecule has 14 heteroatoms. The van der Waals surface area contributed by atoms with E-state index in [0.29, 0.717) is 6.42 Å². The molecule has 14 nitrogen and oxygen atoms in total. The molecule has 3 saturated heterocycles. The van der Waals surface area contributed by atoms with Crippen molar-refractivity contribution in [2.45, 2.75) is 130 Å². The Labute approximate surface area is 295 Å². The highest BCUT2D eigenvalue weighted by Crippen LogP contribution is 2.81. The fourth-order valence-electron chi connectivity index (χ4n) is 13.9. The zero-order chi connectivity index (χ0) is 37.3. The Kier molecular flexibility index (Phi) is 7.07. The third-order valence-electron chi connectivity index (χ3n) is 15.4. The van der Waals surface area contributed by atoms with Crippen LogP contribution in [0, 0.1) is 63.6 Å². The van der Waals surface area contributed by atoms with Crippen molar-refractivity contribution >= 4 is 35.6 Å². The van der Waals surface area contributed by atoms with Crippen LogP contribution < -0.4 is 0 Å². The number of carbonyl (C=O) groups excluding carboxylic acids is 6. The highest BCUT2D eigenvalue weighted by atomic mass is 16.8. The van der Waals surface area contributed by atoms with Crippen LogP contribution >= 0.6 is 0 Å². The number of Topliss-reactive ketones (excluding diaryl/α,β-unsaturated/α-hetero) is 1. The molecule has 0 bridgehead atoms. The lowest BCUT2D eigenvalue weighted by molar-refractivity contribution is -0.255. The SMILES string of the molecule is CC(=O)O[C@H]1C(=O)[C@H]2C[C@@H]3O[C@@H]3[C@H](OC(C)=O)[C@]2(C)C2[C@@H]1[C@@H]1[C@@H](O)[C@@H]3[C@H]([C@H](C)[C@@H]4O[C@@]45OC(=O)[C@@](C)(OC(C)=O)[C@]35C)[C@@]1(C)[C@@H](OC(C)=O)[C@H]2C. The summed E-state index contributed by atoms with van der Waals surface area (Å²) in [6.07, 6.45) is -5.39. The third kappa shape index (κ3) is 3.89. The van der Waals surface area contributed by atoms with Gasteiger partial charge in [0, 0.05) is 62.2 Å². The monoisotopic (exact) mass is 716 g/mol. The fourth-order valence-corrected chi connectivity index (χ4v) is 13.9. The number of ketones is 1. The van der Waals surface area contributed by atoms with E-state index in [1.165, 1.54) is 34.6 Å². The summed E-state index contributed by atoms with van der Waals surface area (Å²) in [5.74, 6) is -10.4. The van der Waals surface area contributed by atoms with Crippen molar-refractivity contribution in [2.75, 3.05) is 0 Å². The van der Waals surface area contributed by atoms with Crippen molar-refractivity contribution in [1.82, 2.24) is 0 Å². The second-order valence-electron chi connectivity index (χ2n) is 17.5. The molecule has 1 unspecified atom stereocenters. The van der Waals surface area contributed by atoms with E-state index in [0.717, 1.165) is 0 Å². The van der Waals surface area contributed by atoms with Crippen LogP contribution in [0.1, 0.15) is 75.7 Å². The number of ether oxygens (including phenoxy) is 7. The summed E-state index contributed by atoms with van der Waals surface area (Å²) in [7, 11) is 0. The molecule has 8 aliphatic rings. The largest absolute Gasteiger partial charge is 0.462 e. The minimum atomic E-state index is -1.87. The number of aliphatic hydroxyl groups is 1. The van der Waals surface area contributed by atoms with Gasteiger partial charge in [-0.2, -0.15) is 0 Å². The molecule has 1 N–H and O–H groups in total. The Morgan fingerprint density at radius 3 is 1.96 bits per heavy atom. The molecule has 3 aliphatic heterocycles. The number of hydrogen-bond acceptors (Lipinski definition) is 14. The van der Waals surface area contributed by atoms with E-state index in [-0.39, 0.29) is 17.8 Å². The number of carbonyl (C=O) groups is 6. The summed E-state index contributed by atoms with van der Waals surface area (Å²) >= 11 is 0. The lowest BCUT2D eigenvalue weighted by Gasteiger charge is -2.66. The van der Waals surface area contributed by atoms with E-state index >= 15 is 0 Å². The second-order valence-corrected chi connectivity index (χ2v) is 17.5. The van der Waals surface area contributed by atoms with Crippen molar-refractivity contribution in [3.8, 4) is 0 Å². The van der Waals surface area contributed by atoms with Gasteiger partial charge in [0.15, 0.2) is 11.9 Å². The van der Waals surface area contributed by atoms with Gasteiger partial charge < -0.3 is 38.3 Å². The average molecular weight is 717 g/mol. The molecule has 0 amide bonds. The van der Waals surface area contributed by atoms with Crippen LogP contribution in [-0.2, 0) is 61.9 Å². The highest BCUT2D eigenvalue weighted by Gasteiger charge is 2.94. The van der Waals surface area contributed by atoms with Crippen molar-refractivity contribution in [3.05, 3.63) is 0 Å². The molecule has 1 spiro atoms. The van der Waals surface area contributed by atoms with Gasteiger partial charge in [-0.25, -0.2) is 4.79 Å². The summed E-state index contributed by atoms with van der Waals surface area (Å²) < 4.78 is 42.6. The Bertz CT molecular complexity index is 1660. The molecular weight excluding hydrogens is 668 g/mol. The van der Waals surface area contributed by atoms with Gasteiger partial charge in [0.25, 0.3) is 5.79 Å². The van der Waals surface area contributed by atoms with E-state index in [2.05, 4.69) is 0 Å². The number of aliphatic hydroxyl groups excluding tert-OH is 1. The summed E-state index contributed by atoms with van der Waals surface area (Å²) in [5, 5.41) is 13.1. The van der Waals surface area contributed by atoms with Gasteiger partial charge in [0.2, 0.25) is 5.60 Å². The zero-order valence-corrected chi connectivity index (χ0v) is 30.6. The molecule has 51 heavy (non-hydrogen) atoms. The number of fused-ring (bicyclic) bond motifs is 9. The number of rotatable bonds is 4. The zero-order valence-electron chi connectivity index (χ0n) is 30.6. The summed E-state index contributed by atoms with van der Waals surface area (Å²) in [4.78, 5) is 79.9. The highest BCUT2D eigenvalue weighted by molar-refractivity contribution is 5.90. The van der Waals surface area contributed by atoms with E-state index in [4.69, 9.17) is 33.2 Å². The molecule has 5 aliphatic carbocycles. The van der Waals surface area contributed by atoms with Gasteiger partial charge in [-0.3, -0.25) is 24.0 Å². The molecule has 5 saturated carbocycles. The predicted octanol–water partition coefficient (Wildman–Crippen LogP) is 1.90. The quantitative estimate of drug-likeness (QED) is 0.252. The van der Waals surface area contributed by atoms with Gasteiger partial charge >= 0.3 is 29.8 Å². The van der Waals surface area contributed by atoms with Crippen LogP contribution in [0.4, 0.5) is 0 Å². The topological polar surface area (TPSA) is 194 Å². The standard InChI is InChI=1S/C37H48O14/c1-12-21-20(28(45-14(3)38)25(42)18-11-19-27(48-19)31(33(18,21)7)47-16(5)40)23-26(43)24-22(34(23,8)29(12)46-15(4)39)13(2)30-37(50-30)35(24,9)36(10,32(44)51-37)49-17(6)41/h12-13,18-24,26-31,43H,11H2,1-10H3/t12-,13-,18+,19-,20+,21?,22-,23+,24-,26+,27-,28+,29-,30-,31-,33-,34+,35-,36+,37+/m0/s1. The Balaban J connectivity index is 1.37. The summed E-state index contributed by atoms with van der Waals surface area (Å²) in [6.45, 7) is 16.0. The summed E-state index contributed by atoms with van der Waals surface area (Å²) in [5.41, 5.74) is -5.49. The minimum Gasteiger partial charge on any atom is -0.462 e. The molecule has 3 heterocycles. The van der Waals surface area contributed by atoms with Crippen LogP contribution in [0.25, 0.3) is 0 Å². The Morgan fingerprint density at radius 1 is 0.765 bits per heavy atom. The van der Waals surface area contributed by atoms with Crippen LogP contribution in [0.2, 0.25) is 0 Å². The maximum absolute atomic E-state index is 14.9. The average Bonchev–Trinajstić information content (AvgIpc) is 3.91. The molecule has 0 radical (unpaired) electrons. The van der Waals surface area contributed by atoms with Gasteiger partial charge in [-0.05, 0) is 43.9 Å². The van der Waals surface area contributed by atoms with Crippen LogP contribution in [-0.4, -0.2) is 94.9 Å². The van der Waals surface area contributed by atoms with Crippen molar-refractivity contribution in [1.29, 1.82) is 0 Å². The Morgan fingerprint density at radius 2 is 1.37 bits per heavy atom. The summed E-state index contributed by atoms with van der Waals surface area (Å²) in [6, 6.07) is 0. The van der Waals surface area contributed by atoms with Crippen molar-refractivity contribution in [2.24, 2.45) is 63.6 Å². The smallest absolute Gasteiger partial charge is 0.353 e. The first-order chi connectivity index (χ1) is 23.6. The number of epoxide rings is 2. The molecule has 20 atom stereocenters. The minimum absolute atomic E-state index is 0.318. The first-order valence-electron chi connectivity index (χ1n) is 18.1. The normalized spacial score (nSPS) is 56.6. The lowest BCUT2D eigenvalue weighted by Crippen LogP contribution is -2.72. The van der Waals surface area contributed by atoms with Gasteiger partial charge in [0.05, 0.1) is 17.6 Å². The maximum Gasteiger partial charge on any atom is 0.353 e. The lowest BCUT2D eigenvalue weighted by atomic mass is 9.39. The molecule has 280 valence electrons. The maximum atomic E-state index is 14.9. The van der Waals surface area contributed by atoms with Crippen LogP contribution in [0.5, 0.6) is 0 Å². The van der Waals surface area contributed by atoms with Gasteiger partial charge in [-0.15, -0.1) is 0 Å². The predicted molar refractivity (Wildman–Crippen MR) is 168 cm³/mol. The molecule has 8 fully saturated rings. The van der Waals surface area contributed by atoms with E-state index in [1.54, 1.807) is 6.92 Å². The van der Waals surface area contributed by atoms with E-state index in [1.807, 2.05) is 27.7 Å². The van der Waals surface area contributed by atoms with Gasteiger partial charge in [-0.1, -0.05) is 27.7 Å². The Hall–Kier alpha value is -3.10. The van der Waals surface area contributed by atoms with Crippen LogP contribution in [0.3, 0.4) is 0 Å². The van der Waals surface area contributed by atoms with E-state index in [9.17, 15) is 33.9 Å². The van der Waals surface area contributed by atoms with Crippen LogP contribution in [0.15, 0.2) is 0 Å². The fraction of sp³-hybridized carbons (Fsp3) is 0.838. The molecule has 0 aromatic carbocycles. The number of esters is 5.